The highest BCUT2D eigenvalue weighted by Crippen LogP contribution is 2.25. The van der Waals surface area contributed by atoms with Gasteiger partial charge in [-0.1, -0.05) is 28.1 Å². The number of nitrogen functional groups attached to an aromatic ring is 1. The highest BCUT2D eigenvalue weighted by Gasteiger charge is 2.22. The quantitative estimate of drug-likeness (QED) is 0.927. The number of hydrogen-bond donors (Lipinski definition) is 1. The molecule has 1 unspecified atom stereocenters. The van der Waals surface area contributed by atoms with E-state index in [0.717, 1.165) is 30.7 Å². The van der Waals surface area contributed by atoms with E-state index in [4.69, 9.17) is 10.5 Å². The molecule has 21 heavy (non-hydrogen) atoms. The lowest BCUT2D eigenvalue weighted by atomic mass is 10.1. The first-order chi connectivity index (χ1) is 10.2. The third kappa shape index (κ3) is 3.81. The molecule has 1 fully saturated rings. The van der Waals surface area contributed by atoms with Crippen molar-refractivity contribution in [1.29, 1.82) is 0 Å². The summed E-state index contributed by atoms with van der Waals surface area (Å²) in [6.45, 7) is 3.45. The molecule has 0 saturated carbocycles. The van der Waals surface area contributed by atoms with E-state index in [1.807, 2.05) is 24.3 Å². The first-order valence-electron chi connectivity index (χ1n) is 7.00. The molecule has 0 radical (unpaired) electrons. The van der Waals surface area contributed by atoms with Crippen LogP contribution in [-0.2, 0) is 11.3 Å². The van der Waals surface area contributed by atoms with Crippen molar-refractivity contribution in [3.05, 3.63) is 58.2 Å². The van der Waals surface area contributed by atoms with Crippen molar-refractivity contribution in [3.63, 3.8) is 0 Å². The lowest BCUT2D eigenvalue weighted by Crippen LogP contribution is -2.37. The Balaban J connectivity index is 1.68. The van der Waals surface area contributed by atoms with Crippen LogP contribution in [0.5, 0.6) is 0 Å². The predicted octanol–water partition coefficient (Wildman–Crippen LogP) is 3.00. The lowest BCUT2D eigenvalue weighted by Gasteiger charge is -2.33. The van der Waals surface area contributed by atoms with E-state index >= 15 is 0 Å². The van der Waals surface area contributed by atoms with Crippen LogP contribution in [-0.4, -0.2) is 29.6 Å². The maximum absolute atomic E-state index is 5.91. The zero-order chi connectivity index (χ0) is 14.7. The standard InChI is InChI=1S/C16H18BrN3O/c17-14-3-1-2-13(9-14)15-11-20(6-7-21-15)10-12-4-5-19-16(18)8-12/h1-5,8-9,15H,6-7,10-11H2,(H2,18,19). The van der Waals surface area contributed by atoms with Crippen LogP contribution < -0.4 is 5.73 Å². The molecule has 110 valence electrons. The Morgan fingerprint density at radius 3 is 3.05 bits per heavy atom. The van der Waals surface area contributed by atoms with Gasteiger partial charge in [-0.2, -0.15) is 0 Å². The highest BCUT2D eigenvalue weighted by atomic mass is 79.9. The summed E-state index contributed by atoms with van der Waals surface area (Å²) in [5.41, 5.74) is 8.14. The number of nitrogens with two attached hydrogens (primary N) is 1. The molecule has 0 aliphatic carbocycles. The van der Waals surface area contributed by atoms with Gasteiger partial charge in [0.05, 0.1) is 12.7 Å². The molecule has 1 atom stereocenters. The van der Waals surface area contributed by atoms with Crippen LogP contribution in [0, 0.1) is 0 Å². The van der Waals surface area contributed by atoms with Crippen LogP contribution in [0.15, 0.2) is 47.1 Å². The fourth-order valence-electron chi connectivity index (χ4n) is 2.61. The smallest absolute Gasteiger partial charge is 0.123 e. The summed E-state index contributed by atoms with van der Waals surface area (Å²) in [5, 5.41) is 0. The van der Waals surface area contributed by atoms with Crippen LogP contribution >= 0.6 is 15.9 Å². The Morgan fingerprint density at radius 1 is 1.33 bits per heavy atom. The first-order valence-corrected chi connectivity index (χ1v) is 7.80. The Morgan fingerprint density at radius 2 is 2.24 bits per heavy atom. The summed E-state index contributed by atoms with van der Waals surface area (Å²) in [7, 11) is 0. The van der Waals surface area contributed by atoms with Gasteiger partial charge in [0.15, 0.2) is 0 Å². The van der Waals surface area contributed by atoms with Crippen LogP contribution in [0.3, 0.4) is 0 Å². The molecule has 4 nitrogen and oxygen atoms in total. The summed E-state index contributed by atoms with van der Waals surface area (Å²) < 4.78 is 7.00. The Hall–Kier alpha value is -1.43. The Bertz CT molecular complexity index is 620. The van der Waals surface area contributed by atoms with Crippen molar-refractivity contribution in [1.82, 2.24) is 9.88 Å². The summed E-state index contributed by atoms with van der Waals surface area (Å²) in [6.07, 6.45) is 1.88. The van der Waals surface area contributed by atoms with E-state index < -0.39 is 0 Å². The molecule has 0 bridgehead atoms. The third-order valence-corrected chi connectivity index (χ3v) is 4.12. The van der Waals surface area contributed by atoms with Crippen molar-refractivity contribution in [3.8, 4) is 0 Å². The average molecular weight is 348 g/mol. The molecule has 2 heterocycles. The van der Waals surface area contributed by atoms with Gasteiger partial charge in [-0.25, -0.2) is 4.98 Å². The number of halogens is 1. The molecule has 2 aromatic rings. The van der Waals surface area contributed by atoms with Gasteiger partial charge in [0.25, 0.3) is 0 Å². The number of benzene rings is 1. The van der Waals surface area contributed by atoms with Gasteiger partial charge in [0.2, 0.25) is 0 Å². The van der Waals surface area contributed by atoms with Gasteiger partial charge < -0.3 is 10.5 Å². The van der Waals surface area contributed by atoms with E-state index in [1.165, 1.54) is 11.1 Å². The number of ether oxygens (including phenoxy) is 1. The molecule has 0 spiro atoms. The second-order valence-electron chi connectivity index (χ2n) is 5.24. The largest absolute Gasteiger partial charge is 0.384 e. The van der Waals surface area contributed by atoms with Crippen molar-refractivity contribution < 1.29 is 4.74 Å². The number of aromatic nitrogens is 1. The van der Waals surface area contributed by atoms with E-state index in [-0.39, 0.29) is 6.10 Å². The summed E-state index contributed by atoms with van der Waals surface area (Å²) in [5.74, 6) is 0.573. The maximum Gasteiger partial charge on any atom is 0.123 e. The van der Waals surface area contributed by atoms with E-state index in [9.17, 15) is 0 Å². The zero-order valence-corrected chi connectivity index (χ0v) is 13.3. The fraction of sp³-hybridized carbons (Fsp3) is 0.312. The predicted molar refractivity (Wildman–Crippen MR) is 86.8 cm³/mol. The topological polar surface area (TPSA) is 51.4 Å². The average Bonchev–Trinajstić information content (AvgIpc) is 2.47. The minimum Gasteiger partial charge on any atom is -0.384 e. The van der Waals surface area contributed by atoms with E-state index in [0.29, 0.717) is 5.82 Å². The number of nitrogens with zero attached hydrogens (tertiary/aromatic N) is 2. The molecule has 1 aliphatic rings. The monoisotopic (exact) mass is 347 g/mol. The molecule has 1 aromatic carbocycles. The molecular formula is C16H18BrN3O. The van der Waals surface area contributed by atoms with E-state index in [2.05, 4.69) is 37.9 Å². The van der Waals surface area contributed by atoms with Crippen molar-refractivity contribution in [2.75, 3.05) is 25.4 Å². The minimum atomic E-state index is 0.121. The Labute approximate surface area is 133 Å². The summed E-state index contributed by atoms with van der Waals surface area (Å²) in [4.78, 5) is 6.43. The maximum atomic E-state index is 5.91. The van der Waals surface area contributed by atoms with Crippen molar-refractivity contribution in [2.45, 2.75) is 12.6 Å². The van der Waals surface area contributed by atoms with Crippen LogP contribution in [0.4, 0.5) is 5.82 Å². The van der Waals surface area contributed by atoms with Gasteiger partial charge in [0, 0.05) is 30.3 Å². The Kier molecular flexibility index (Phi) is 4.53. The van der Waals surface area contributed by atoms with Gasteiger partial charge in [-0.05, 0) is 35.4 Å². The van der Waals surface area contributed by atoms with Gasteiger partial charge >= 0.3 is 0 Å². The number of anilines is 1. The second kappa shape index (κ2) is 6.56. The van der Waals surface area contributed by atoms with E-state index in [1.54, 1.807) is 6.20 Å². The molecule has 2 N–H and O–H groups in total. The van der Waals surface area contributed by atoms with Crippen molar-refractivity contribution >= 4 is 21.7 Å². The minimum absolute atomic E-state index is 0.121. The molecule has 5 heteroatoms. The number of morpholine rings is 1. The normalized spacial score (nSPS) is 19.6. The SMILES string of the molecule is Nc1cc(CN2CCOC(c3cccc(Br)c3)C2)ccn1. The fourth-order valence-corrected chi connectivity index (χ4v) is 3.02. The lowest BCUT2D eigenvalue weighted by molar-refractivity contribution is -0.0329. The highest BCUT2D eigenvalue weighted by molar-refractivity contribution is 9.10. The molecule has 1 aliphatic heterocycles. The molecule has 1 saturated heterocycles. The third-order valence-electron chi connectivity index (χ3n) is 3.62. The molecular weight excluding hydrogens is 330 g/mol. The summed E-state index contributed by atoms with van der Waals surface area (Å²) in [6, 6.07) is 12.3. The molecule has 1 aromatic heterocycles. The second-order valence-corrected chi connectivity index (χ2v) is 6.15. The van der Waals surface area contributed by atoms with Gasteiger partial charge in [-0.15, -0.1) is 0 Å². The van der Waals surface area contributed by atoms with Crippen LogP contribution in [0.1, 0.15) is 17.2 Å². The zero-order valence-electron chi connectivity index (χ0n) is 11.7. The van der Waals surface area contributed by atoms with Crippen LogP contribution in [0.2, 0.25) is 0 Å². The molecule has 0 amide bonds. The van der Waals surface area contributed by atoms with Crippen molar-refractivity contribution in [2.24, 2.45) is 0 Å². The number of hydrogen-bond acceptors (Lipinski definition) is 4. The first kappa shape index (κ1) is 14.5. The van der Waals surface area contributed by atoms with Gasteiger partial charge in [-0.3, -0.25) is 4.90 Å². The summed E-state index contributed by atoms with van der Waals surface area (Å²) >= 11 is 3.52. The van der Waals surface area contributed by atoms with Gasteiger partial charge in [0.1, 0.15) is 5.82 Å². The molecule has 3 rings (SSSR count). The number of rotatable bonds is 3. The number of pyridine rings is 1. The van der Waals surface area contributed by atoms with Crippen LogP contribution in [0.25, 0.3) is 0 Å².